The first-order valence-electron chi connectivity index (χ1n) is 31.1. The van der Waals surface area contributed by atoms with Crippen LogP contribution in [0.3, 0.4) is 0 Å². The van der Waals surface area contributed by atoms with Gasteiger partial charge in [0.15, 0.2) is 0 Å². The molecule has 0 radical (unpaired) electrons. The SMILES string of the molecule is CCCCCCCCCC/C=C\CCCCCCCCCCCCCCCCCCCC(=O)NC(CO)C(O)/C=C/CCCCCCCCCCCCCCCCCCCCCCCCCC. The summed E-state index contributed by atoms with van der Waals surface area (Å²) in [4.78, 5) is 12.5. The molecule has 1 amide bonds. The van der Waals surface area contributed by atoms with E-state index in [1.165, 1.54) is 308 Å². The number of nitrogens with one attached hydrogen (secondary N) is 1. The minimum atomic E-state index is -0.838. The number of unbranched alkanes of at least 4 members (excludes halogenated alkanes) is 49. The van der Waals surface area contributed by atoms with E-state index in [0.717, 1.165) is 25.7 Å². The summed E-state index contributed by atoms with van der Waals surface area (Å²) in [6.45, 7) is 4.35. The van der Waals surface area contributed by atoms with E-state index in [1.807, 2.05) is 6.08 Å². The number of rotatable bonds is 58. The summed E-state index contributed by atoms with van der Waals surface area (Å²) in [6, 6.07) is -0.621. The lowest BCUT2D eigenvalue weighted by molar-refractivity contribution is -0.123. The number of carbonyl (C=O) groups is 1. The average Bonchev–Trinajstić information content (AvgIpc) is 3.33. The first-order chi connectivity index (χ1) is 33.2. The molecule has 0 saturated heterocycles. The molecule has 0 aliphatic carbocycles. The van der Waals surface area contributed by atoms with Gasteiger partial charge in [0.25, 0.3) is 0 Å². The second-order valence-corrected chi connectivity index (χ2v) is 21.5. The standard InChI is InChI=1S/C63H123NO3/c1-3-5-7-9-11-13-15-17-19-21-23-25-27-29-31-32-33-35-37-39-41-43-45-47-49-51-53-55-57-59-63(67)64-61(60-65)62(66)58-56-54-52-50-48-46-44-42-40-38-36-34-30-28-26-24-22-20-18-16-14-12-10-8-6-4-2/h21,23,56,58,61-62,65-66H,3-20,22,24-55,57,59-60H2,1-2H3,(H,64,67)/b23-21-,58-56+. The fourth-order valence-corrected chi connectivity index (χ4v) is 9.94. The van der Waals surface area contributed by atoms with Crippen LogP contribution >= 0.6 is 0 Å². The summed E-state index contributed by atoms with van der Waals surface area (Å²) in [5, 5.41) is 23.2. The van der Waals surface area contributed by atoms with Gasteiger partial charge in [-0.15, -0.1) is 0 Å². The Bertz CT molecular complexity index is 978. The Kier molecular flexibility index (Phi) is 58.2. The number of amides is 1. The molecule has 0 bridgehead atoms. The fourth-order valence-electron chi connectivity index (χ4n) is 9.94. The highest BCUT2D eigenvalue weighted by Gasteiger charge is 2.18. The summed E-state index contributed by atoms with van der Waals surface area (Å²) in [6.07, 6.45) is 79.4. The van der Waals surface area contributed by atoms with E-state index in [1.54, 1.807) is 6.08 Å². The minimum absolute atomic E-state index is 0.0563. The largest absolute Gasteiger partial charge is 0.394 e. The van der Waals surface area contributed by atoms with Gasteiger partial charge in [0, 0.05) is 6.42 Å². The van der Waals surface area contributed by atoms with E-state index in [9.17, 15) is 15.0 Å². The van der Waals surface area contributed by atoms with Crippen molar-refractivity contribution < 1.29 is 15.0 Å². The van der Waals surface area contributed by atoms with Gasteiger partial charge in [0.1, 0.15) is 0 Å². The lowest BCUT2D eigenvalue weighted by Crippen LogP contribution is -2.45. The molecule has 0 rings (SSSR count). The van der Waals surface area contributed by atoms with Gasteiger partial charge >= 0.3 is 0 Å². The molecule has 2 unspecified atom stereocenters. The number of aliphatic hydroxyl groups excluding tert-OH is 2. The Labute approximate surface area is 421 Å². The molecule has 0 heterocycles. The second kappa shape index (κ2) is 59.2. The van der Waals surface area contributed by atoms with Crippen LogP contribution < -0.4 is 5.32 Å². The van der Waals surface area contributed by atoms with Crippen molar-refractivity contribution in [1.82, 2.24) is 5.32 Å². The van der Waals surface area contributed by atoms with Crippen molar-refractivity contribution in [2.75, 3.05) is 6.61 Å². The molecule has 0 aromatic rings. The highest BCUT2D eigenvalue weighted by Crippen LogP contribution is 2.18. The number of hydrogen-bond acceptors (Lipinski definition) is 3. The Balaban J connectivity index is 3.44. The van der Waals surface area contributed by atoms with E-state index >= 15 is 0 Å². The number of carbonyl (C=O) groups excluding carboxylic acids is 1. The van der Waals surface area contributed by atoms with E-state index in [4.69, 9.17) is 0 Å². The molecule has 0 aromatic heterocycles. The molecule has 0 spiro atoms. The third kappa shape index (κ3) is 55.7. The minimum Gasteiger partial charge on any atom is -0.394 e. The summed E-state index contributed by atoms with van der Waals surface area (Å²) >= 11 is 0. The smallest absolute Gasteiger partial charge is 0.220 e. The van der Waals surface area contributed by atoms with Crippen LogP contribution in [0.1, 0.15) is 354 Å². The van der Waals surface area contributed by atoms with Crippen molar-refractivity contribution >= 4 is 5.91 Å². The molecular weight excluding hydrogens is 819 g/mol. The van der Waals surface area contributed by atoms with Crippen LogP contribution in [0.15, 0.2) is 24.3 Å². The van der Waals surface area contributed by atoms with E-state index in [2.05, 4.69) is 31.3 Å². The van der Waals surface area contributed by atoms with E-state index < -0.39 is 12.1 Å². The molecule has 398 valence electrons. The highest BCUT2D eigenvalue weighted by atomic mass is 16.3. The molecule has 0 aliphatic heterocycles. The Morgan fingerprint density at radius 2 is 0.567 bits per heavy atom. The molecule has 0 aromatic carbocycles. The fraction of sp³-hybridized carbons (Fsp3) is 0.921. The monoisotopic (exact) mass is 942 g/mol. The number of allylic oxidation sites excluding steroid dienone is 3. The lowest BCUT2D eigenvalue weighted by atomic mass is 10.0. The zero-order valence-electron chi connectivity index (χ0n) is 46.0. The maximum Gasteiger partial charge on any atom is 0.220 e. The highest BCUT2D eigenvalue weighted by molar-refractivity contribution is 5.76. The molecule has 0 aliphatic rings. The van der Waals surface area contributed by atoms with Crippen LogP contribution in [-0.2, 0) is 4.79 Å². The predicted octanol–water partition coefficient (Wildman–Crippen LogP) is 20.7. The summed E-state index contributed by atoms with van der Waals surface area (Å²) in [5.74, 6) is -0.0563. The van der Waals surface area contributed by atoms with Gasteiger partial charge in [0.2, 0.25) is 5.91 Å². The summed E-state index contributed by atoms with van der Waals surface area (Å²) in [5.41, 5.74) is 0. The van der Waals surface area contributed by atoms with Crippen molar-refractivity contribution in [3.8, 4) is 0 Å². The molecular formula is C63H123NO3. The van der Waals surface area contributed by atoms with Gasteiger partial charge in [-0.1, -0.05) is 327 Å². The number of hydrogen-bond donors (Lipinski definition) is 3. The van der Waals surface area contributed by atoms with Gasteiger partial charge in [-0.3, -0.25) is 4.79 Å². The Morgan fingerprint density at radius 3 is 0.821 bits per heavy atom. The second-order valence-electron chi connectivity index (χ2n) is 21.5. The molecule has 0 saturated carbocycles. The van der Waals surface area contributed by atoms with E-state index in [0.29, 0.717) is 6.42 Å². The quantitative estimate of drug-likeness (QED) is 0.0420. The molecule has 67 heavy (non-hydrogen) atoms. The van der Waals surface area contributed by atoms with Gasteiger partial charge < -0.3 is 15.5 Å². The molecule has 2 atom stereocenters. The van der Waals surface area contributed by atoms with Crippen LogP contribution in [-0.4, -0.2) is 34.9 Å². The first-order valence-corrected chi connectivity index (χ1v) is 31.1. The van der Waals surface area contributed by atoms with E-state index in [-0.39, 0.29) is 12.5 Å². The molecule has 4 nitrogen and oxygen atoms in total. The third-order valence-corrected chi connectivity index (χ3v) is 14.7. The summed E-state index contributed by atoms with van der Waals surface area (Å²) < 4.78 is 0. The lowest BCUT2D eigenvalue weighted by Gasteiger charge is -2.20. The van der Waals surface area contributed by atoms with Crippen molar-refractivity contribution in [3.05, 3.63) is 24.3 Å². The van der Waals surface area contributed by atoms with Crippen LogP contribution in [0.5, 0.6) is 0 Å². The topological polar surface area (TPSA) is 69.6 Å². The maximum absolute atomic E-state index is 12.5. The summed E-state index contributed by atoms with van der Waals surface area (Å²) in [7, 11) is 0. The molecule has 3 N–H and O–H groups in total. The zero-order valence-corrected chi connectivity index (χ0v) is 46.0. The molecule has 4 heteroatoms. The van der Waals surface area contributed by atoms with Crippen molar-refractivity contribution in [2.24, 2.45) is 0 Å². The normalized spacial score (nSPS) is 12.8. The van der Waals surface area contributed by atoms with Crippen molar-refractivity contribution in [3.63, 3.8) is 0 Å². The van der Waals surface area contributed by atoms with Gasteiger partial charge in [0.05, 0.1) is 18.8 Å². The zero-order chi connectivity index (χ0) is 48.5. The van der Waals surface area contributed by atoms with Crippen LogP contribution in [0, 0.1) is 0 Å². The average molecular weight is 943 g/mol. The van der Waals surface area contributed by atoms with Crippen LogP contribution in [0.25, 0.3) is 0 Å². The Hall–Kier alpha value is -1.13. The predicted molar refractivity (Wildman–Crippen MR) is 299 cm³/mol. The van der Waals surface area contributed by atoms with Gasteiger partial charge in [-0.05, 0) is 44.9 Å². The maximum atomic E-state index is 12.5. The van der Waals surface area contributed by atoms with Crippen molar-refractivity contribution in [1.29, 1.82) is 0 Å². The third-order valence-electron chi connectivity index (χ3n) is 14.7. The van der Waals surface area contributed by atoms with Gasteiger partial charge in [-0.2, -0.15) is 0 Å². The number of aliphatic hydroxyl groups is 2. The molecule has 0 fully saturated rings. The first kappa shape index (κ1) is 65.9. The van der Waals surface area contributed by atoms with Gasteiger partial charge in [-0.25, -0.2) is 0 Å². The van der Waals surface area contributed by atoms with Crippen LogP contribution in [0.2, 0.25) is 0 Å². The van der Waals surface area contributed by atoms with Crippen LogP contribution in [0.4, 0.5) is 0 Å². The van der Waals surface area contributed by atoms with Crippen molar-refractivity contribution in [2.45, 2.75) is 366 Å². The Morgan fingerprint density at radius 1 is 0.343 bits per heavy atom.